The Kier molecular flexibility index (Phi) is 5.21. The van der Waals surface area contributed by atoms with Gasteiger partial charge in [-0.15, -0.1) is 0 Å². The van der Waals surface area contributed by atoms with Crippen LogP contribution in [0.1, 0.15) is 63.4 Å². The molecule has 0 spiro atoms. The second kappa shape index (κ2) is 7.63. The Labute approximate surface area is 180 Å². The predicted molar refractivity (Wildman–Crippen MR) is 116 cm³/mol. The molecular weight excluding hydrogens is 396 g/mol. The molecule has 5 nitrogen and oxygen atoms in total. The summed E-state index contributed by atoms with van der Waals surface area (Å²) >= 11 is 0. The molecule has 0 unspecified atom stereocenters. The van der Waals surface area contributed by atoms with Crippen LogP contribution in [0.15, 0.2) is 29.2 Å². The summed E-state index contributed by atoms with van der Waals surface area (Å²) in [6.07, 6.45) is 9.74. The first-order valence-corrected chi connectivity index (χ1v) is 13.1. The molecule has 4 saturated carbocycles. The number of hydrogen-bond acceptors (Lipinski definition) is 3. The number of nitrogens with one attached hydrogen (secondary N) is 1. The van der Waals surface area contributed by atoms with Gasteiger partial charge in [-0.1, -0.05) is 17.7 Å². The van der Waals surface area contributed by atoms with Crippen LogP contribution in [-0.4, -0.2) is 37.3 Å². The highest BCUT2D eigenvalue weighted by Crippen LogP contribution is 2.55. The first-order chi connectivity index (χ1) is 14.3. The summed E-state index contributed by atoms with van der Waals surface area (Å²) in [5.74, 6) is 2.95. The molecule has 164 valence electrons. The van der Waals surface area contributed by atoms with E-state index in [4.69, 9.17) is 0 Å². The van der Waals surface area contributed by atoms with E-state index < -0.39 is 10.0 Å². The van der Waals surface area contributed by atoms with Crippen LogP contribution in [0.3, 0.4) is 0 Å². The van der Waals surface area contributed by atoms with Gasteiger partial charge in [0, 0.05) is 25.0 Å². The lowest BCUT2D eigenvalue weighted by atomic mass is 9.53. The van der Waals surface area contributed by atoms with E-state index in [0.717, 1.165) is 36.2 Å². The quantitative estimate of drug-likeness (QED) is 0.771. The molecule has 1 aromatic rings. The average Bonchev–Trinajstić information content (AvgIpc) is 2.67. The van der Waals surface area contributed by atoms with Crippen LogP contribution in [0.5, 0.6) is 0 Å². The summed E-state index contributed by atoms with van der Waals surface area (Å²) in [7, 11) is -3.43. The van der Waals surface area contributed by atoms with E-state index in [1.54, 1.807) is 16.4 Å². The average molecular weight is 431 g/mol. The molecule has 6 rings (SSSR count). The SMILES string of the molecule is Cc1ccc(S(=O)(=O)N2CCC(CC(=O)NC34CC5CC(CC(C5)C3)C4)CC2)cc1. The van der Waals surface area contributed by atoms with Crippen molar-refractivity contribution in [3.05, 3.63) is 29.8 Å². The number of aryl methyl sites for hydroxylation is 1. The second-order valence-corrected chi connectivity index (χ2v) is 12.5. The van der Waals surface area contributed by atoms with E-state index in [2.05, 4.69) is 5.32 Å². The van der Waals surface area contributed by atoms with Gasteiger partial charge in [0.25, 0.3) is 0 Å². The van der Waals surface area contributed by atoms with Gasteiger partial charge >= 0.3 is 0 Å². The number of sulfonamides is 1. The largest absolute Gasteiger partial charge is 0.351 e. The van der Waals surface area contributed by atoms with Gasteiger partial charge in [-0.25, -0.2) is 8.42 Å². The lowest BCUT2D eigenvalue weighted by Crippen LogP contribution is -2.60. The number of amides is 1. The van der Waals surface area contributed by atoms with Gasteiger partial charge in [-0.2, -0.15) is 4.31 Å². The number of carbonyl (C=O) groups excluding carboxylic acids is 1. The Morgan fingerprint density at radius 1 is 1.00 bits per heavy atom. The third-order valence-corrected chi connectivity index (χ3v) is 10.1. The van der Waals surface area contributed by atoms with Gasteiger partial charge in [-0.05, 0) is 94.1 Å². The predicted octanol–water partition coefficient (Wildman–Crippen LogP) is 3.87. The van der Waals surface area contributed by atoms with E-state index in [-0.39, 0.29) is 17.4 Å². The van der Waals surface area contributed by atoms with Crippen LogP contribution in [0, 0.1) is 30.6 Å². The topological polar surface area (TPSA) is 66.5 Å². The minimum absolute atomic E-state index is 0.0707. The van der Waals surface area contributed by atoms with Gasteiger partial charge < -0.3 is 5.32 Å². The zero-order chi connectivity index (χ0) is 20.9. The first-order valence-electron chi connectivity index (χ1n) is 11.7. The Hall–Kier alpha value is -1.40. The summed E-state index contributed by atoms with van der Waals surface area (Å²) < 4.78 is 27.4. The maximum Gasteiger partial charge on any atom is 0.243 e. The molecule has 1 N–H and O–H groups in total. The van der Waals surface area contributed by atoms with E-state index in [0.29, 0.717) is 24.4 Å². The van der Waals surface area contributed by atoms with Crippen molar-refractivity contribution in [1.29, 1.82) is 0 Å². The smallest absolute Gasteiger partial charge is 0.243 e. The third kappa shape index (κ3) is 3.93. The number of rotatable bonds is 5. The normalized spacial score (nSPS) is 34.2. The Balaban J connectivity index is 1.15. The minimum Gasteiger partial charge on any atom is -0.351 e. The van der Waals surface area contributed by atoms with Crippen LogP contribution in [0.25, 0.3) is 0 Å². The molecule has 6 heteroatoms. The van der Waals surface area contributed by atoms with Crippen molar-refractivity contribution in [3.8, 4) is 0 Å². The molecule has 0 atom stereocenters. The van der Waals surface area contributed by atoms with Crippen molar-refractivity contribution in [2.24, 2.45) is 23.7 Å². The summed E-state index contributed by atoms with van der Waals surface area (Å²) in [5, 5.41) is 3.47. The molecule has 30 heavy (non-hydrogen) atoms. The van der Waals surface area contributed by atoms with Gasteiger partial charge in [0.1, 0.15) is 0 Å². The van der Waals surface area contributed by atoms with Gasteiger partial charge in [0.05, 0.1) is 4.90 Å². The molecule has 1 amide bonds. The highest BCUT2D eigenvalue weighted by Gasteiger charge is 2.51. The fourth-order valence-corrected chi connectivity index (χ4v) is 8.56. The van der Waals surface area contributed by atoms with Crippen LogP contribution in [-0.2, 0) is 14.8 Å². The van der Waals surface area contributed by atoms with Crippen LogP contribution < -0.4 is 5.32 Å². The Morgan fingerprint density at radius 3 is 2.07 bits per heavy atom. The van der Waals surface area contributed by atoms with Crippen molar-refractivity contribution < 1.29 is 13.2 Å². The van der Waals surface area contributed by atoms with Crippen LogP contribution >= 0.6 is 0 Å². The van der Waals surface area contributed by atoms with E-state index in [1.165, 1.54) is 38.5 Å². The third-order valence-electron chi connectivity index (χ3n) is 8.15. The lowest BCUT2D eigenvalue weighted by molar-refractivity contribution is -0.128. The lowest BCUT2D eigenvalue weighted by Gasteiger charge is -2.57. The Morgan fingerprint density at radius 2 is 1.53 bits per heavy atom. The number of nitrogens with zero attached hydrogens (tertiary/aromatic N) is 1. The molecular formula is C24H34N2O3S. The number of piperidine rings is 1. The molecule has 1 aromatic carbocycles. The highest BCUT2D eigenvalue weighted by atomic mass is 32.2. The second-order valence-electron chi connectivity index (χ2n) is 10.6. The van der Waals surface area contributed by atoms with Gasteiger partial charge in [-0.3, -0.25) is 4.79 Å². The maximum absolute atomic E-state index is 12.9. The van der Waals surface area contributed by atoms with Crippen LogP contribution in [0.2, 0.25) is 0 Å². The molecule has 1 heterocycles. The van der Waals surface area contributed by atoms with Crippen molar-refractivity contribution in [2.45, 2.75) is 75.1 Å². The van der Waals surface area contributed by atoms with Crippen LogP contribution in [0.4, 0.5) is 0 Å². The van der Waals surface area contributed by atoms with E-state index in [9.17, 15) is 13.2 Å². The minimum atomic E-state index is -3.43. The monoisotopic (exact) mass is 430 g/mol. The molecule has 5 fully saturated rings. The molecule has 0 aromatic heterocycles. The van der Waals surface area contributed by atoms with Crippen molar-refractivity contribution in [1.82, 2.24) is 9.62 Å². The van der Waals surface area contributed by atoms with E-state index in [1.807, 2.05) is 19.1 Å². The first kappa shape index (κ1) is 20.5. The molecule has 5 aliphatic rings. The summed E-state index contributed by atoms with van der Waals surface area (Å²) in [6, 6.07) is 7.06. The van der Waals surface area contributed by atoms with Gasteiger partial charge in [0.15, 0.2) is 0 Å². The summed E-state index contributed by atoms with van der Waals surface area (Å²) in [4.78, 5) is 13.3. The Bertz CT molecular complexity index is 866. The number of benzene rings is 1. The molecule has 4 aliphatic carbocycles. The fraction of sp³-hybridized carbons (Fsp3) is 0.708. The standard InChI is InChI=1S/C24H34N2O3S/c1-17-2-4-22(5-3-17)30(28,29)26-8-6-18(7-9-26)13-23(27)25-24-14-19-10-20(15-24)12-21(11-19)16-24/h2-5,18-21H,6-16H2,1H3,(H,25,27). The zero-order valence-corrected chi connectivity index (χ0v) is 18.8. The van der Waals surface area contributed by atoms with Gasteiger partial charge in [0.2, 0.25) is 15.9 Å². The van der Waals surface area contributed by atoms with Crippen molar-refractivity contribution in [3.63, 3.8) is 0 Å². The fourth-order valence-electron chi connectivity index (χ4n) is 7.09. The summed E-state index contributed by atoms with van der Waals surface area (Å²) in [6.45, 7) is 2.97. The highest BCUT2D eigenvalue weighted by molar-refractivity contribution is 7.89. The summed E-state index contributed by atoms with van der Waals surface area (Å²) in [5.41, 5.74) is 1.12. The van der Waals surface area contributed by atoms with Crippen molar-refractivity contribution >= 4 is 15.9 Å². The van der Waals surface area contributed by atoms with Crippen molar-refractivity contribution in [2.75, 3.05) is 13.1 Å². The molecule has 1 saturated heterocycles. The van der Waals surface area contributed by atoms with E-state index >= 15 is 0 Å². The maximum atomic E-state index is 12.9. The molecule has 4 bridgehead atoms. The zero-order valence-electron chi connectivity index (χ0n) is 18.0. The molecule has 1 aliphatic heterocycles. The number of hydrogen-bond donors (Lipinski definition) is 1. The molecule has 0 radical (unpaired) electrons. The number of carbonyl (C=O) groups is 1.